The molecule has 0 saturated carbocycles. The molecule has 4 heteroatoms. The van der Waals surface area contributed by atoms with Gasteiger partial charge >= 0.3 is 0 Å². The van der Waals surface area contributed by atoms with Gasteiger partial charge in [-0.25, -0.2) is 4.39 Å². The Bertz CT molecular complexity index is 584. The molecule has 0 saturated heterocycles. The number of rotatable bonds is 2. The van der Waals surface area contributed by atoms with E-state index >= 15 is 0 Å². The molecule has 1 unspecified atom stereocenters. The summed E-state index contributed by atoms with van der Waals surface area (Å²) >= 11 is 8.33. The molecule has 2 N–H and O–H groups in total. The summed E-state index contributed by atoms with van der Waals surface area (Å²) in [6.07, 6.45) is 0. The van der Waals surface area contributed by atoms with Crippen molar-refractivity contribution in [2.45, 2.75) is 13.0 Å². The lowest BCUT2D eigenvalue weighted by Crippen LogP contribution is -2.14. The topological polar surface area (TPSA) is 26.0 Å². The average Bonchev–Trinajstić information content (AvgIpc) is 2.35. The van der Waals surface area contributed by atoms with E-state index < -0.39 is 6.04 Å². The van der Waals surface area contributed by atoms with Gasteiger partial charge in [0.15, 0.2) is 0 Å². The summed E-state index contributed by atoms with van der Waals surface area (Å²) in [7, 11) is 0. The minimum Gasteiger partial charge on any atom is -0.320 e. The van der Waals surface area contributed by atoms with Crippen LogP contribution in [0, 0.1) is 16.3 Å². The first-order valence-electron chi connectivity index (χ1n) is 5.46. The fourth-order valence-electron chi connectivity index (χ4n) is 1.83. The van der Waals surface area contributed by atoms with Gasteiger partial charge in [-0.15, -0.1) is 0 Å². The van der Waals surface area contributed by atoms with Crippen LogP contribution in [0.5, 0.6) is 0 Å². The van der Waals surface area contributed by atoms with Crippen molar-refractivity contribution in [1.82, 2.24) is 0 Å². The number of benzene rings is 2. The third-order valence-corrected chi connectivity index (χ3v) is 4.67. The lowest BCUT2D eigenvalue weighted by atomic mass is 9.98. The first-order valence-corrected chi connectivity index (χ1v) is 6.92. The zero-order chi connectivity index (χ0) is 13.3. The van der Waals surface area contributed by atoms with Crippen molar-refractivity contribution < 1.29 is 4.39 Å². The van der Waals surface area contributed by atoms with Crippen molar-refractivity contribution in [3.63, 3.8) is 0 Å². The van der Waals surface area contributed by atoms with E-state index in [0.29, 0.717) is 10.6 Å². The maximum absolute atomic E-state index is 13.3. The highest BCUT2D eigenvalue weighted by atomic mass is 127. The van der Waals surface area contributed by atoms with E-state index in [1.54, 1.807) is 0 Å². The summed E-state index contributed by atoms with van der Waals surface area (Å²) in [6, 6.07) is 9.76. The summed E-state index contributed by atoms with van der Waals surface area (Å²) in [5.74, 6) is -0.326. The Hall–Kier alpha value is -0.650. The number of halogens is 3. The number of hydrogen-bond acceptors (Lipinski definition) is 1. The minimum atomic E-state index is -0.417. The van der Waals surface area contributed by atoms with E-state index in [1.807, 2.05) is 25.1 Å². The van der Waals surface area contributed by atoms with E-state index in [0.717, 1.165) is 14.7 Å². The third kappa shape index (κ3) is 2.68. The van der Waals surface area contributed by atoms with Crippen molar-refractivity contribution in [1.29, 1.82) is 0 Å². The van der Waals surface area contributed by atoms with Crippen LogP contribution in [-0.4, -0.2) is 0 Å². The maximum Gasteiger partial charge on any atom is 0.123 e. The van der Waals surface area contributed by atoms with Gasteiger partial charge in [0.05, 0.1) is 6.04 Å². The van der Waals surface area contributed by atoms with E-state index in [4.69, 9.17) is 17.3 Å². The van der Waals surface area contributed by atoms with Gasteiger partial charge in [-0.2, -0.15) is 0 Å². The van der Waals surface area contributed by atoms with Crippen LogP contribution in [0.1, 0.15) is 22.7 Å². The van der Waals surface area contributed by atoms with E-state index in [1.165, 1.54) is 18.2 Å². The van der Waals surface area contributed by atoms with Crippen LogP contribution in [0.25, 0.3) is 0 Å². The van der Waals surface area contributed by atoms with Gasteiger partial charge in [-0.3, -0.25) is 0 Å². The highest BCUT2D eigenvalue weighted by Gasteiger charge is 2.16. The molecule has 0 fully saturated rings. The second-order valence-corrected chi connectivity index (χ2v) is 5.61. The second-order valence-electron chi connectivity index (χ2n) is 4.12. The zero-order valence-corrected chi connectivity index (χ0v) is 12.7. The quantitative estimate of drug-likeness (QED) is 0.772. The predicted molar refractivity (Wildman–Crippen MR) is 81.3 cm³/mol. The molecule has 0 aromatic heterocycles. The van der Waals surface area contributed by atoms with Crippen LogP contribution < -0.4 is 5.73 Å². The molecular formula is C14H12ClFIN. The Kier molecular flexibility index (Phi) is 4.25. The van der Waals surface area contributed by atoms with E-state index in [9.17, 15) is 4.39 Å². The monoisotopic (exact) mass is 375 g/mol. The van der Waals surface area contributed by atoms with Gasteiger partial charge in [-0.1, -0.05) is 29.8 Å². The highest BCUT2D eigenvalue weighted by Crippen LogP contribution is 2.30. The van der Waals surface area contributed by atoms with Gasteiger partial charge < -0.3 is 5.73 Å². The molecule has 2 aromatic rings. The Morgan fingerprint density at radius 2 is 1.94 bits per heavy atom. The molecule has 0 bridgehead atoms. The third-order valence-electron chi connectivity index (χ3n) is 2.85. The Morgan fingerprint density at radius 3 is 2.67 bits per heavy atom. The lowest BCUT2D eigenvalue weighted by Gasteiger charge is -2.17. The molecule has 18 heavy (non-hydrogen) atoms. The van der Waals surface area contributed by atoms with Gasteiger partial charge in [0, 0.05) is 8.59 Å². The molecule has 2 rings (SSSR count). The smallest absolute Gasteiger partial charge is 0.123 e. The number of aryl methyl sites for hydroxylation is 1. The zero-order valence-electron chi connectivity index (χ0n) is 9.75. The molecule has 2 aromatic carbocycles. The van der Waals surface area contributed by atoms with Crippen LogP contribution in [-0.2, 0) is 0 Å². The van der Waals surface area contributed by atoms with Crippen LogP contribution in [0.15, 0.2) is 36.4 Å². The minimum absolute atomic E-state index is 0.326. The van der Waals surface area contributed by atoms with Crippen molar-refractivity contribution in [3.8, 4) is 0 Å². The van der Waals surface area contributed by atoms with Crippen molar-refractivity contribution >= 4 is 34.2 Å². The highest BCUT2D eigenvalue weighted by molar-refractivity contribution is 14.1. The second kappa shape index (κ2) is 5.55. The summed E-state index contributed by atoms with van der Waals surface area (Å²) in [4.78, 5) is 0. The Balaban J connectivity index is 2.51. The fraction of sp³-hybridized carbons (Fsp3) is 0.143. The molecule has 94 valence electrons. The molecule has 0 aliphatic heterocycles. The lowest BCUT2D eigenvalue weighted by molar-refractivity contribution is 0.623. The summed E-state index contributed by atoms with van der Waals surface area (Å²) < 4.78 is 14.4. The first kappa shape index (κ1) is 13.8. The SMILES string of the molecule is Cc1cccc(C(N)c2cc(F)ccc2Cl)c1I. The summed E-state index contributed by atoms with van der Waals surface area (Å²) in [5, 5.41) is 0.487. The Labute approximate surface area is 124 Å². The molecule has 0 aliphatic carbocycles. The predicted octanol–water partition coefficient (Wildman–Crippen LogP) is 4.44. The van der Waals surface area contributed by atoms with Crippen LogP contribution >= 0.6 is 34.2 Å². The molecule has 0 amide bonds. The average molecular weight is 376 g/mol. The molecule has 0 radical (unpaired) electrons. The maximum atomic E-state index is 13.3. The molecule has 1 atom stereocenters. The van der Waals surface area contributed by atoms with Crippen molar-refractivity contribution in [2.24, 2.45) is 5.73 Å². The summed E-state index contributed by atoms with van der Waals surface area (Å²) in [6.45, 7) is 2.02. The van der Waals surface area contributed by atoms with E-state index in [-0.39, 0.29) is 5.82 Å². The largest absolute Gasteiger partial charge is 0.320 e. The summed E-state index contributed by atoms with van der Waals surface area (Å²) in [5.41, 5.74) is 8.92. The Morgan fingerprint density at radius 1 is 1.22 bits per heavy atom. The van der Waals surface area contributed by atoms with E-state index in [2.05, 4.69) is 22.6 Å². The molecule has 0 heterocycles. The molecule has 0 aliphatic rings. The normalized spacial score (nSPS) is 12.5. The van der Waals surface area contributed by atoms with Gasteiger partial charge in [0.1, 0.15) is 5.82 Å². The standard InChI is InChI=1S/C14H12ClFIN/c1-8-3-2-4-10(13(8)17)14(18)11-7-9(16)5-6-12(11)15/h2-7,14H,18H2,1H3. The molecule has 0 spiro atoms. The van der Waals surface area contributed by atoms with Gasteiger partial charge in [0.25, 0.3) is 0 Å². The van der Waals surface area contributed by atoms with Crippen LogP contribution in [0.3, 0.4) is 0 Å². The first-order chi connectivity index (χ1) is 8.50. The van der Waals surface area contributed by atoms with Crippen LogP contribution in [0.2, 0.25) is 5.02 Å². The van der Waals surface area contributed by atoms with Crippen molar-refractivity contribution in [2.75, 3.05) is 0 Å². The number of hydrogen-bond donors (Lipinski definition) is 1. The van der Waals surface area contributed by atoms with Crippen LogP contribution in [0.4, 0.5) is 4.39 Å². The molecular weight excluding hydrogens is 364 g/mol. The number of nitrogens with two attached hydrogens (primary N) is 1. The van der Waals surface area contributed by atoms with Gasteiger partial charge in [0.2, 0.25) is 0 Å². The fourth-order valence-corrected chi connectivity index (χ4v) is 2.76. The molecule has 1 nitrogen and oxygen atoms in total. The van der Waals surface area contributed by atoms with Gasteiger partial charge in [-0.05, 0) is 64.4 Å². The van der Waals surface area contributed by atoms with Crippen molar-refractivity contribution in [3.05, 3.63) is 67.5 Å².